The number of hydrogen-bond donors (Lipinski definition) is 3. The normalized spacial score (nSPS) is 13.9. The van der Waals surface area contributed by atoms with Gasteiger partial charge in [0, 0.05) is 0 Å². The van der Waals surface area contributed by atoms with Crippen molar-refractivity contribution in [1.82, 2.24) is 14.5 Å². The molecule has 0 aliphatic heterocycles. The van der Waals surface area contributed by atoms with Gasteiger partial charge in [-0.15, -0.1) is 0 Å². The number of halogens is 7. The van der Waals surface area contributed by atoms with Crippen molar-refractivity contribution in [3.63, 3.8) is 0 Å². The zero-order chi connectivity index (χ0) is 22.2. The molecule has 0 bridgehead atoms. The minimum absolute atomic E-state index is 0.394. The van der Waals surface area contributed by atoms with E-state index in [9.17, 15) is 39.2 Å². The zero-order valence-electron chi connectivity index (χ0n) is 13.8. The number of hydrogen-bond acceptors (Lipinski definition) is 5. The predicted octanol–water partition coefficient (Wildman–Crippen LogP) is 2.47. The maximum Gasteiger partial charge on any atom is 0.451 e. The van der Waals surface area contributed by atoms with Gasteiger partial charge in [-0.05, 0) is 29.8 Å². The molecule has 7 nitrogen and oxygen atoms in total. The summed E-state index contributed by atoms with van der Waals surface area (Å²) in [5, 5.41) is 15.9. The van der Waals surface area contributed by atoms with Crippen molar-refractivity contribution in [3.8, 4) is 0 Å². The molecule has 1 aromatic carbocycles. The Morgan fingerprint density at radius 3 is 2.07 bits per heavy atom. The van der Waals surface area contributed by atoms with Crippen molar-refractivity contribution < 1.29 is 39.2 Å². The lowest BCUT2D eigenvalue weighted by molar-refractivity contribution is -0.153. The topological polar surface area (TPSA) is 112 Å². The molecular weight excluding hydrogens is 435 g/mol. The molecule has 1 aromatic heterocycles. The summed E-state index contributed by atoms with van der Waals surface area (Å²) in [6, 6.07) is 0.834. The van der Waals surface area contributed by atoms with E-state index in [-0.39, 0.29) is 0 Å². The van der Waals surface area contributed by atoms with E-state index < -0.39 is 60.8 Å². The van der Waals surface area contributed by atoms with Gasteiger partial charge in [-0.25, -0.2) is 12.8 Å². The molecule has 0 saturated carbocycles. The van der Waals surface area contributed by atoms with Crippen LogP contribution in [0.1, 0.15) is 11.6 Å². The summed E-state index contributed by atoms with van der Waals surface area (Å²) < 4.78 is 116. The van der Waals surface area contributed by atoms with E-state index >= 15 is 0 Å². The Labute approximate surface area is 157 Å². The third-order valence-corrected chi connectivity index (χ3v) is 4.68. The molecule has 0 aliphatic carbocycles. The van der Waals surface area contributed by atoms with E-state index in [0.29, 0.717) is 36.4 Å². The monoisotopic (exact) mass is 445 g/mol. The molecule has 15 heteroatoms. The Hall–Kier alpha value is -2.81. The first-order chi connectivity index (χ1) is 13.1. The zero-order valence-corrected chi connectivity index (χ0v) is 14.6. The third kappa shape index (κ3) is 5.17. The van der Waals surface area contributed by atoms with Gasteiger partial charge in [0.25, 0.3) is 10.0 Å². The quantitative estimate of drug-likeness (QED) is 0.382. The van der Waals surface area contributed by atoms with Crippen LogP contribution in [0, 0.1) is 16.6 Å². The first-order valence-corrected chi connectivity index (χ1v) is 8.77. The van der Waals surface area contributed by atoms with E-state index in [0.717, 1.165) is 0 Å². The van der Waals surface area contributed by atoms with Crippen molar-refractivity contribution in [3.05, 3.63) is 53.3 Å². The fourth-order valence-corrected chi connectivity index (χ4v) is 3.17. The van der Waals surface area contributed by atoms with Crippen molar-refractivity contribution in [2.24, 2.45) is 0 Å². The number of nitrogens with zero attached hydrogens (tertiary/aromatic N) is 2. The molecule has 3 N–H and O–H groups in total. The fourth-order valence-electron chi connectivity index (χ4n) is 2.04. The van der Waals surface area contributed by atoms with Crippen molar-refractivity contribution in [2.75, 3.05) is 0 Å². The highest BCUT2D eigenvalue weighted by molar-refractivity contribution is 7.89. The number of alkyl halides is 6. The van der Waals surface area contributed by atoms with Gasteiger partial charge >= 0.3 is 12.4 Å². The average molecular weight is 445 g/mol. The summed E-state index contributed by atoms with van der Waals surface area (Å²) in [7, 11) is -5.16. The van der Waals surface area contributed by atoms with E-state index in [1.165, 1.54) is 4.72 Å². The van der Waals surface area contributed by atoms with Crippen LogP contribution in [0.2, 0.25) is 0 Å². The lowest BCUT2D eigenvalue weighted by atomic mass is 10.1. The Bertz CT molecular complexity index is 1080. The summed E-state index contributed by atoms with van der Waals surface area (Å²) in [6.07, 6.45) is -10.5. The summed E-state index contributed by atoms with van der Waals surface area (Å²) in [5.74, 6) is -3.10. The second kappa shape index (κ2) is 7.55. The summed E-state index contributed by atoms with van der Waals surface area (Å²) in [6.45, 7) is 0. The SMILES string of the molecule is N=C(n1nc(S(=O)(=O)N[C@H](c2ccc(F)cc2)C(F)(F)F)ccc1=N)C(F)(F)F. The Morgan fingerprint density at radius 2 is 1.59 bits per heavy atom. The molecule has 0 saturated heterocycles. The smallest absolute Gasteiger partial charge is 0.283 e. The van der Waals surface area contributed by atoms with Gasteiger partial charge in [-0.1, -0.05) is 12.1 Å². The van der Waals surface area contributed by atoms with Crippen molar-refractivity contribution in [1.29, 1.82) is 10.8 Å². The van der Waals surface area contributed by atoms with E-state index in [1.807, 2.05) is 0 Å². The molecule has 0 spiro atoms. The van der Waals surface area contributed by atoms with Gasteiger partial charge in [0.05, 0.1) is 0 Å². The standard InChI is InChI=1S/C14H10F7N5O2S/c15-8-3-1-7(2-4-8)11(13(16,17)18)25-29(27,28)10-6-5-9(22)26(24-10)12(23)14(19,20)21/h1-6,11,22-23,25H/t11-/m1/s1. The molecule has 1 atom stereocenters. The van der Waals surface area contributed by atoms with Crippen LogP contribution < -0.4 is 10.2 Å². The van der Waals surface area contributed by atoms with Gasteiger partial charge in [0.15, 0.2) is 5.03 Å². The number of nitrogens with one attached hydrogen (secondary N) is 3. The Morgan fingerprint density at radius 1 is 1.03 bits per heavy atom. The maximum absolute atomic E-state index is 13.3. The van der Waals surface area contributed by atoms with Crippen LogP contribution in [0.25, 0.3) is 0 Å². The summed E-state index contributed by atoms with van der Waals surface area (Å²) in [5.41, 5.74) is -1.72. The Balaban J connectivity index is 2.50. The molecule has 0 unspecified atom stereocenters. The summed E-state index contributed by atoms with van der Waals surface area (Å²) >= 11 is 0. The molecule has 158 valence electrons. The van der Waals surface area contributed by atoms with Crippen LogP contribution >= 0.6 is 0 Å². The second-order valence-electron chi connectivity index (χ2n) is 5.46. The minimum atomic E-state index is -5.30. The number of aromatic nitrogens is 2. The van der Waals surface area contributed by atoms with Gasteiger partial charge < -0.3 is 0 Å². The van der Waals surface area contributed by atoms with Crippen LogP contribution in [0.5, 0.6) is 0 Å². The lowest BCUT2D eigenvalue weighted by Gasteiger charge is -2.22. The van der Waals surface area contributed by atoms with Gasteiger partial charge in [0.1, 0.15) is 17.3 Å². The molecule has 0 amide bonds. The number of benzene rings is 1. The predicted molar refractivity (Wildman–Crippen MR) is 82.8 cm³/mol. The highest BCUT2D eigenvalue weighted by atomic mass is 32.2. The maximum atomic E-state index is 13.3. The number of sulfonamides is 1. The molecule has 0 radical (unpaired) electrons. The molecule has 0 aliphatic rings. The number of rotatable bonds is 4. The fraction of sp³-hybridized carbons (Fsp3) is 0.214. The summed E-state index contributed by atoms with van der Waals surface area (Å²) in [4.78, 5) is 0. The van der Waals surface area contributed by atoms with Crippen LogP contribution in [0.15, 0.2) is 41.4 Å². The van der Waals surface area contributed by atoms with Crippen molar-refractivity contribution in [2.45, 2.75) is 23.4 Å². The van der Waals surface area contributed by atoms with Crippen LogP contribution in [0.4, 0.5) is 30.7 Å². The molecule has 2 aromatic rings. The molecule has 29 heavy (non-hydrogen) atoms. The van der Waals surface area contributed by atoms with Gasteiger partial charge in [-0.3, -0.25) is 10.8 Å². The molecule has 0 fully saturated rings. The van der Waals surface area contributed by atoms with Crippen LogP contribution in [0.3, 0.4) is 0 Å². The molecular formula is C14H10F7N5O2S. The highest BCUT2D eigenvalue weighted by Gasteiger charge is 2.44. The van der Waals surface area contributed by atoms with Gasteiger partial charge in [-0.2, -0.15) is 40.8 Å². The van der Waals surface area contributed by atoms with E-state index in [2.05, 4.69) is 5.10 Å². The first-order valence-electron chi connectivity index (χ1n) is 7.28. The first kappa shape index (κ1) is 22.5. The van der Waals surface area contributed by atoms with Crippen molar-refractivity contribution >= 4 is 15.9 Å². The molecule has 1 heterocycles. The lowest BCUT2D eigenvalue weighted by Crippen LogP contribution is -2.41. The van der Waals surface area contributed by atoms with E-state index in [4.69, 9.17) is 10.8 Å². The third-order valence-electron chi connectivity index (χ3n) is 3.37. The van der Waals surface area contributed by atoms with E-state index in [1.54, 1.807) is 0 Å². The Kier molecular flexibility index (Phi) is 5.85. The van der Waals surface area contributed by atoms with Crippen LogP contribution in [-0.2, 0) is 10.0 Å². The van der Waals surface area contributed by atoms with Gasteiger partial charge in [0.2, 0.25) is 5.84 Å². The van der Waals surface area contributed by atoms with Crippen LogP contribution in [-0.4, -0.2) is 36.4 Å². The minimum Gasteiger partial charge on any atom is -0.283 e. The average Bonchev–Trinajstić information content (AvgIpc) is 2.58. The highest BCUT2D eigenvalue weighted by Crippen LogP contribution is 2.34. The second-order valence-corrected chi connectivity index (χ2v) is 7.12. The molecule has 2 rings (SSSR count). The largest absolute Gasteiger partial charge is 0.451 e.